The number of hydrogen-bond acceptors (Lipinski definition) is 3. The summed E-state index contributed by atoms with van der Waals surface area (Å²) in [6.45, 7) is 3.10. The van der Waals surface area contributed by atoms with Gasteiger partial charge in [-0.05, 0) is 49.4 Å². The van der Waals surface area contributed by atoms with Crippen LogP contribution in [0.5, 0.6) is 0 Å². The SMILES string of the molecule is Cc1cc(C(=O)N(Cc2ccc(N)cc2Cl)CC2CCC2)n[nH]1. The minimum atomic E-state index is -0.0610. The minimum absolute atomic E-state index is 0.0610. The van der Waals surface area contributed by atoms with E-state index in [0.717, 1.165) is 17.8 Å². The molecule has 1 amide bonds. The van der Waals surface area contributed by atoms with E-state index in [2.05, 4.69) is 10.2 Å². The van der Waals surface area contributed by atoms with Crippen molar-refractivity contribution in [3.8, 4) is 0 Å². The molecule has 0 unspecified atom stereocenters. The average molecular weight is 333 g/mol. The molecule has 0 radical (unpaired) electrons. The monoisotopic (exact) mass is 332 g/mol. The van der Waals surface area contributed by atoms with Crippen molar-refractivity contribution in [3.05, 3.63) is 46.2 Å². The lowest BCUT2D eigenvalue weighted by Gasteiger charge is -2.32. The number of aromatic nitrogens is 2. The Morgan fingerprint density at radius 3 is 2.78 bits per heavy atom. The highest BCUT2D eigenvalue weighted by atomic mass is 35.5. The zero-order valence-electron chi connectivity index (χ0n) is 13.2. The molecule has 1 saturated carbocycles. The van der Waals surface area contributed by atoms with E-state index in [9.17, 15) is 4.79 Å². The van der Waals surface area contributed by atoms with E-state index in [1.54, 1.807) is 12.1 Å². The van der Waals surface area contributed by atoms with Crippen molar-refractivity contribution in [1.82, 2.24) is 15.1 Å². The van der Waals surface area contributed by atoms with Crippen molar-refractivity contribution in [2.24, 2.45) is 5.92 Å². The molecule has 0 aliphatic heterocycles. The average Bonchev–Trinajstić information content (AvgIpc) is 2.89. The molecule has 3 rings (SSSR count). The first kappa shape index (κ1) is 15.9. The number of nitrogens with one attached hydrogen (secondary N) is 1. The summed E-state index contributed by atoms with van der Waals surface area (Å²) in [6, 6.07) is 7.20. The van der Waals surface area contributed by atoms with E-state index < -0.39 is 0 Å². The number of rotatable bonds is 5. The summed E-state index contributed by atoms with van der Waals surface area (Å²) >= 11 is 6.27. The van der Waals surface area contributed by atoms with Crippen LogP contribution in [-0.4, -0.2) is 27.5 Å². The molecule has 1 fully saturated rings. The first-order chi connectivity index (χ1) is 11.0. The third kappa shape index (κ3) is 3.67. The Hall–Kier alpha value is -2.01. The third-order valence-corrected chi connectivity index (χ3v) is 4.71. The van der Waals surface area contributed by atoms with Gasteiger partial charge < -0.3 is 10.6 Å². The van der Waals surface area contributed by atoms with Crippen LogP contribution in [-0.2, 0) is 6.54 Å². The van der Waals surface area contributed by atoms with Crippen molar-refractivity contribution in [1.29, 1.82) is 0 Å². The van der Waals surface area contributed by atoms with Crippen LogP contribution in [0.25, 0.3) is 0 Å². The molecule has 122 valence electrons. The van der Waals surface area contributed by atoms with Gasteiger partial charge in [-0.15, -0.1) is 0 Å². The fraction of sp³-hybridized carbons (Fsp3) is 0.412. The van der Waals surface area contributed by atoms with E-state index in [1.165, 1.54) is 19.3 Å². The van der Waals surface area contributed by atoms with Gasteiger partial charge in [-0.2, -0.15) is 5.10 Å². The van der Waals surface area contributed by atoms with Crippen LogP contribution >= 0.6 is 11.6 Å². The molecule has 1 aliphatic carbocycles. The van der Waals surface area contributed by atoms with Crippen molar-refractivity contribution in [2.75, 3.05) is 12.3 Å². The quantitative estimate of drug-likeness (QED) is 0.824. The summed E-state index contributed by atoms with van der Waals surface area (Å²) in [5.74, 6) is 0.515. The highest BCUT2D eigenvalue weighted by Gasteiger charge is 2.26. The van der Waals surface area contributed by atoms with E-state index in [-0.39, 0.29) is 5.91 Å². The number of H-pyrrole nitrogens is 1. The first-order valence-corrected chi connectivity index (χ1v) is 8.26. The lowest BCUT2D eigenvalue weighted by atomic mass is 9.85. The molecular weight excluding hydrogens is 312 g/mol. The van der Waals surface area contributed by atoms with Gasteiger partial charge in [-0.25, -0.2) is 0 Å². The molecule has 1 aromatic carbocycles. The van der Waals surface area contributed by atoms with Crippen LogP contribution in [0.2, 0.25) is 5.02 Å². The van der Waals surface area contributed by atoms with Crippen LogP contribution in [0.3, 0.4) is 0 Å². The Bertz CT molecular complexity index is 708. The maximum Gasteiger partial charge on any atom is 0.274 e. The zero-order chi connectivity index (χ0) is 16.4. The molecular formula is C17H21ClN4O. The molecule has 1 aromatic heterocycles. The zero-order valence-corrected chi connectivity index (χ0v) is 13.9. The Morgan fingerprint density at radius 1 is 1.43 bits per heavy atom. The predicted octanol–water partition coefficient (Wildman–Crippen LogP) is 3.40. The second-order valence-corrected chi connectivity index (χ2v) is 6.68. The second kappa shape index (κ2) is 6.62. The first-order valence-electron chi connectivity index (χ1n) is 7.88. The topological polar surface area (TPSA) is 75.0 Å². The van der Waals surface area contributed by atoms with Gasteiger partial charge in [-0.1, -0.05) is 24.1 Å². The van der Waals surface area contributed by atoms with Crippen molar-refractivity contribution >= 4 is 23.2 Å². The van der Waals surface area contributed by atoms with Gasteiger partial charge in [0.1, 0.15) is 5.69 Å². The highest BCUT2D eigenvalue weighted by Crippen LogP contribution is 2.29. The molecule has 0 atom stereocenters. The number of carbonyl (C=O) groups excluding carboxylic acids is 1. The Kier molecular flexibility index (Phi) is 4.57. The van der Waals surface area contributed by atoms with Gasteiger partial charge in [0.2, 0.25) is 0 Å². The normalized spacial score (nSPS) is 14.5. The van der Waals surface area contributed by atoms with Crippen LogP contribution in [0.1, 0.15) is 41.0 Å². The summed E-state index contributed by atoms with van der Waals surface area (Å²) in [4.78, 5) is 14.6. The molecule has 0 spiro atoms. The molecule has 23 heavy (non-hydrogen) atoms. The number of amides is 1. The Balaban J connectivity index is 1.81. The van der Waals surface area contributed by atoms with Gasteiger partial charge in [0.25, 0.3) is 5.91 Å². The number of nitrogens with two attached hydrogens (primary N) is 1. The standard InChI is InChI=1S/C17H21ClN4O/c1-11-7-16(21-20-11)17(23)22(9-12-3-2-4-12)10-13-5-6-14(19)8-15(13)18/h5-8,12H,2-4,9-10,19H2,1H3,(H,20,21). The van der Waals surface area contributed by atoms with Crippen molar-refractivity contribution in [2.45, 2.75) is 32.7 Å². The molecule has 1 heterocycles. The predicted molar refractivity (Wildman–Crippen MR) is 91.3 cm³/mol. The highest BCUT2D eigenvalue weighted by molar-refractivity contribution is 6.31. The largest absolute Gasteiger partial charge is 0.399 e. The van der Waals surface area contributed by atoms with Crippen molar-refractivity contribution in [3.63, 3.8) is 0 Å². The maximum atomic E-state index is 12.8. The summed E-state index contributed by atoms with van der Waals surface area (Å²) in [7, 11) is 0. The molecule has 2 aromatic rings. The molecule has 3 N–H and O–H groups in total. The Morgan fingerprint density at radius 2 is 2.22 bits per heavy atom. The molecule has 5 nitrogen and oxygen atoms in total. The Labute approximate surface area is 140 Å². The van der Waals surface area contributed by atoms with Crippen molar-refractivity contribution < 1.29 is 4.79 Å². The van der Waals surface area contributed by atoms with E-state index in [1.807, 2.05) is 24.0 Å². The van der Waals surface area contributed by atoms with E-state index in [4.69, 9.17) is 17.3 Å². The number of aryl methyl sites for hydroxylation is 1. The smallest absolute Gasteiger partial charge is 0.274 e. The lowest BCUT2D eigenvalue weighted by Crippen LogP contribution is -2.37. The van der Waals surface area contributed by atoms with Crippen LogP contribution < -0.4 is 5.73 Å². The number of aromatic amines is 1. The number of hydrogen-bond donors (Lipinski definition) is 2. The number of carbonyl (C=O) groups is 1. The second-order valence-electron chi connectivity index (χ2n) is 6.27. The molecule has 6 heteroatoms. The molecule has 0 bridgehead atoms. The number of halogens is 1. The van der Waals surface area contributed by atoms with Crippen LogP contribution in [0, 0.1) is 12.8 Å². The summed E-state index contributed by atoms with van der Waals surface area (Å²) < 4.78 is 0. The maximum absolute atomic E-state index is 12.8. The fourth-order valence-electron chi connectivity index (χ4n) is 2.79. The van der Waals surface area contributed by atoms with Crippen LogP contribution in [0.4, 0.5) is 5.69 Å². The van der Waals surface area contributed by atoms with E-state index >= 15 is 0 Å². The fourth-order valence-corrected chi connectivity index (χ4v) is 3.04. The summed E-state index contributed by atoms with van der Waals surface area (Å²) in [5, 5.41) is 7.52. The molecule has 0 saturated heterocycles. The van der Waals surface area contributed by atoms with E-state index in [0.29, 0.717) is 28.9 Å². The van der Waals surface area contributed by atoms with Gasteiger partial charge in [0.05, 0.1) is 0 Å². The van der Waals surface area contributed by atoms with Gasteiger partial charge in [-0.3, -0.25) is 9.89 Å². The number of nitrogen functional groups attached to an aromatic ring is 1. The minimum Gasteiger partial charge on any atom is -0.399 e. The van der Waals surface area contributed by atoms with Gasteiger partial charge in [0.15, 0.2) is 0 Å². The number of benzene rings is 1. The lowest BCUT2D eigenvalue weighted by molar-refractivity contribution is 0.0674. The number of anilines is 1. The van der Waals surface area contributed by atoms with Crippen LogP contribution in [0.15, 0.2) is 24.3 Å². The number of nitrogens with zero attached hydrogens (tertiary/aromatic N) is 2. The molecule has 1 aliphatic rings. The third-order valence-electron chi connectivity index (χ3n) is 4.35. The van der Waals surface area contributed by atoms with Gasteiger partial charge >= 0.3 is 0 Å². The summed E-state index contributed by atoms with van der Waals surface area (Å²) in [5.41, 5.74) is 8.60. The van der Waals surface area contributed by atoms with Gasteiger partial charge in [0, 0.05) is 29.5 Å². The summed E-state index contributed by atoms with van der Waals surface area (Å²) in [6.07, 6.45) is 3.61.